The predicted molar refractivity (Wildman–Crippen MR) is 99.0 cm³/mol. The molecule has 0 saturated carbocycles. The Labute approximate surface area is 155 Å². The molecule has 0 spiro atoms. The van der Waals surface area contributed by atoms with Crippen LogP contribution in [0.15, 0.2) is 53.7 Å². The molecule has 2 aromatic carbocycles. The number of carbonyl (C=O) groups is 1. The Balaban J connectivity index is 1.73. The first-order valence-corrected chi connectivity index (χ1v) is 8.78. The number of rotatable bonds is 5. The lowest BCUT2D eigenvalue weighted by molar-refractivity contribution is -0.115. The van der Waals surface area contributed by atoms with Crippen molar-refractivity contribution < 1.29 is 4.79 Å². The molecule has 130 valence electrons. The standard InChI is InChI=1S/C18H16N6OS/c1-12-7-9-15(10-8-12)24-18(21-22-23-24)26-13(2)17(25)20-16-6-4-3-5-14(16)11-19/h3-10,13H,1-2H3,(H,20,25)/t13-/m0/s1. The van der Waals surface area contributed by atoms with Gasteiger partial charge in [0.1, 0.15) is 6.07 Å². The fourth-order valence-electron chi connectivity index (χ4n) is 2.24. The average molecular weight is 364 g/mol. The maximum atomic E-state index is 12.5. The zero-order valence-corrected chi connectivity index (χ0v) is 15.1. The normalized spacial score (nSPS) is 11.6. The first-order chi connectivity index (χ1) is 12.6. The fourth-order valence-corrected chi connectivity index (χ4v) is 3.04. The minimum atomic E-state index is -0.447. The minimum absolute atomic E-state index is 0.226. The molecule has 0 aliphatic carbocycles. The van der Waals surface area contributed by atoms with Gasteiger partial charge in [-0.05, 0) is 48.5 Å². The number of hydrogen-bond donors (Lipinski definition) is 1. The van der Waals surface area contributed by atoms with Crippen LogP contribution in [0.4, 0.5) is 5.69 Å². The van der Waals surface area contributed by atoms with Gasteiger partial charge in [-0.2, -0.15) is 9.94 Å². The summed E-state index contributed by atoms with van der Waals surface area (Å²) >= 11 is 1.25. The Morgan fingerprint density at radius 2 is 1.96 bits per heavy atom. The van der Waals surface area contributed by atoms with Crippen molar-refractivity contribution in [3.8, 4) is 11.8 Å². The summed E-state index contributed by atoms with van der Waals surface area (Å²) in [6.07, 6.45) is 0. The lowest BCUT2D eigenvalue weighted by Gasteiger charge is -2.12. The van der Waals surface area contributed by atoms with Gasteiger partial charge in [0, 0.05) is 0 Å². The van der Waals surface area contributed by atoms with Gasteiger partial charge in [0.25, 0.3) is 0 Å². The molecule has 0 fully saturated rings. The molecule has 1 atom stereocenters. The molecular formula is C18H16N6OS. The largest absolute Gasteiger partial charge is 0.324 e. The minimum Gasteiger partial charge on any atom is -0.324 e. The summed E-state index contributed by atoms with van der Waals surface area (Å²) in [5.74, 6) is -0.226. The third-order valence-corrected chi connectivity index (χ3v) is 4.71. The molecule has 3 rings (SSSR count). The number of anilines is 1. The molecule has 1 heterocycles. The van der Waals surface area contributed by atoms with E-state index in [-0.39, 0.29) is 5.91 Å². The SMILES string of the molecule is Cc1ccc(-n2nnnc2S[C@@H](C)C(=O)Nc2ccccc2C#N)cc1. The van der Waals surface area contributed by atoms with Crippen LogP contribution in [0.3, 0.4) is 0 Å². The van der Waals surface area contributed by atoms with E-state index in [1.165, 1.54) is 11.8 Å². The summed E-state index contributed by atoms with van der Waals surface area (Å²) in [6, 6.07) is 16.7. The van der Waals surface area contributed by atoms with Crippen LogP contribution in [-0.2, 0) is 4.79 Å². The number of nitrogens with one attached hydrogen (secondary N) is 1. The number of thioether (sulfide) groups is 1. The maximum absolute atomic E-state index is 12.5. The van der Waals surface area contributed by atoms with Gasteiger partial charge in [-0.1, -0.05) is 41.6 Å². The fraction of sp³-hybridized carbons (Fsp3) is 0.167. The van der Waals surface area contributed by atoms with Gasteiger partial charge in [-0.25, -0.2) is 0 Å². The van der Waals surface area contributed by atoms with E-state index < -0.39 is 5.25 Å². The number of carbonyl (C=O) groups excluding carboxylic acids is 1. The molecule has 0 bridgehead atoms. The number of amides is 1. The lowest BCUT2D eigenvalue weighted by atomic mass is 10.2. The van der Waals surface area contributed by atoms with Gasteiger partial charge in [0.05, 0.1) is 22.2 Å². The number of nitrogens with zero attached hydrogens (tertiary/aromatic N) is 5. The Kier molecular flexibility index (Phi) is 5.29. The highest BCUT2D eigenvalue weighted by Crippen LogP contribution is 2.24. The number of hydrogen-bond acceptors (Lipinski definition) is 6. The molecular weight excluding hydrogens is 348 g/mol. The van der Waals surface area contributed by atoms with Crippen molar-refractivity contribution in [1.82, 2.24) is 20.2 Å². The zero-order chi connectivity index (χ0) is 18.5. The van der Waals surface area contributed by atoms with Crippen molar-refractivity contribution in [1.29, 1.82) is 5.26 Å². The highest BCUT2D eigenvalue weighted by atomic mass is 32.2. The molecule has 8 heteroatoms. The van der Waals surface area contributed by atoms with Crippen molar-refractivity contribution in [2.45, 2.75) is 24.3 Å². The molecule has 26 heavy (non-hydrogen) atoms. The second-order valence-corrected chi connectivity index (χ2v) is 6.92. The highest BCUT2D eigenvalue weighted by molar-refractivity contribution is 8.00. The smallest absolute Gasteiger partial charge is 0.237 e. The zero-order valence-electron chi connectivity index (χ0n) is 14.2. The van der Waals surface area contributed by atoms with Crippen LogP contribution in [-0.4, -0.2) is 31.4 Å². The first-order valence-electron chi connectivity index (χ1n) is 7.90. The van der Waals surface area contributed by atoms with Crippen molar-refractivity contribution >= 4 is 23.4 Å². The quantitative estimate of drug-likeness (QED) is 0.699. The summed E-state index contributed by atoms with van der Waals surface area (Å²) in [5, 5.41) is 23.7. The van der Waals surface area contributed by atoms with E-state index in [9.17, 15) is 4.79 Å². The van der Waals surface area contributed by atoms with Gasteiger partial charge < -0.3 is 5.32 Å². The summed E-state index contributed by atoms with van der Waals surface area (Å²) in [6.45, 7) is 3.77. The monoisotopic (exact) mass is 364 g/mol. The van der Waals surface area contributed by atoms with Gasteiger partial charge in [-0.3, -0.25) is 4.79 Å². The van der Waals surface area contributed by atoms with E-state index in [0.717, 1.165) is 11.3 Å². The van der Waals surface area contributed by atoms with Crippen LogP contribution in [0.1, 0.15) is 18.1 Å². The van der Waals surface area contributed by atoms with E-state index >= 15 is 0 Å². The molecule has 1 amide bonds. The van der Waals surface area contributed by atoms with Crippen LogP contribution in [0, 0.1) is 18.3 Å². The Bertz CT molecular complexity index is 960. The van der Waals surface area contributed by atoms with Gasteiger partial charge in [0.15, 0.2) is 0 Å². The van der Waals surface area contributed by atoms with Crippen LogP contribution < -0.4 is 5.32 Å². The van der Waals surface area contributed by atoms with Gasteiger partial charge in [0.2, 0.25) is 11.1 Å². The Morgan fingerprint density at radius 3 is 2.69 bits per heavy atom. The maximum Gasteiger partial charge on any atom is 0.237 e. The number of aryl methyl sites for hydroxylation is 1. The van der Waals surface area contributed by atoms with Crippen LogP contribution >= 0.6 is 11.8 Å². The molecule has 3 aromatic rings. The molecule has 0 saturated heterocycles. The number of para-hydroxylation sites is 1. The van der Waals surface area contributed by atoms with E-state index in [1.54, 1.807) is 35.9 Å². The summed E-state index contributed by atoms with van der Waals surface area (Å²) < 4.78 is 1.59. The van der Waals surface area contributed by atoms with Crippen molar-refractivity contribution in [3.05, 3.63) is 59.7 Å². The van der Waals surface area contributed by atoms with E-state index in [0.29, 0.717) is 16.4 Å². The second kappa shape index (κ2) is 7.80. The van der Waals surface area contributed by atoms with Crippen LogP contribution in [0.2, 0.25) is 0 Å². The second-order valence-electron chi connectivity index (χ2n) is 5.62. The number of tetrazole rings is 1. The van der Waals surface area contributed by atoms with Crippen LogP contribution in [0.5, 0.6) is 0 Å². The summed E-state index contributed by atoms with van der Waals surface area (Å²) in [7, 11) is 0. The summed E-state index contributed by atoms with van der Waals surface area (Å²) in [5.41, 5.74) is 2.87. The topological polar surface area (TPSA) is 96.5 Å². The summed E-state index contributed by atoms with van der Waals surface area (Å²) in [4.78, 5) is 12.5. The Hall–Kier alpha value is -3.18. The van der Waals surface area contributed by atoms with Crippen LogP contribution in [0.25, 0.3) is 5.69 Å². The third-order valence-electron chi connectivity index (χ3n) is 3.68. The average Bonchev–Trinajstić information content (AvgIpc) is 3.10. The molecule has 0 aliphatic rings. The molecule has 1 N–H and O–H groups in total. The third kappa shape index (κ3) is 3.90. The molecule has 0 unspecified atom stereocenters. The van der Waals surface area contributed by atoms with Crippen molar-refractivity contribution in [3.63, 3.8) is 0 Å². The number of nitriles is 1. The van der Waals surface area contributed by atoms with Crippen molar-refractivity contribution in [2.75, 3.05) is 5.32 Å². The number of aromatic nitrogens is 4. The molecule has 1 aromatic heterocycles. The molecule has 0 radical (unpaired) electrons. The first kappa shape index (κ1) is 17.6. The van der Waals surface area contributed by atoms with Crippen molar-refractivity contribution in [2.24, 2.45) is 0 Å². The predicted octanol–water partition coefficient (Wildman–Crippen LogP) is 2.96. The highest BCUT2D eigenvalue weighted by Gasteiger charge is 2.20. The number of benzene rings is 2. The van der Waals surface area contributed by atoms with E-state index in [1.807, 2.05) is 31.2 Å². The van der Waals surface area contributed by atoms with Gasteiger partial charge in [-0.15, -0.1) is 5.10 Å². The van der Waals surface area contributed by atoms with E-state index in [4.69, 9.17) is 5.26 Å². The molecule has 7 nitrogen and oxygen atoms in total. The lowest BCUT2D eigenvalue weighted by Crippen LogP contribution is -2.23. The Morgan fingerprint density at radius 1 is 1.23 bits per heavy atom. The van der Waals surface area contributed by atoms with Gasteiger partial charge >= 0.3 is 0 Å². The van der Waals surface area contributed by atoms with E-state index in [2.05, 4.69) is 26.9 Å². The molecule has 0 aliphatic heterocycles.